The molecule has 148 valence electrons. The summed E-state index contributed by atoms with van der Waals surface area (Å²) in [7, 11) is 0. The van der Waals surface area contributed by atoms with Gasteiger partial charge in [0.15, 0.2) is 0 Å². The lowest BCUT2D eigenvalue weighted by Gasteiger charge is -2.40. The first-order valence-electron chi connectivity index (χ1n) is 9.75. The van der Waals surface area contributed by atoms with E-state index in [0.717, 1.165) is 29.8 Å². The molecule has 3 heterocycles. The molecule has 3 aromatic rings. The highest BCUT2D eigenvalue weighted by atomic mass is 16.5. The van der Waals surface area contributed by atoms with Gasteiger partial charge in [-0.15, -0.1) is 0 Å². The first-order valence-corrected chi connectivity index (χ1v) is 9.75. The van der Waals surface area contributed by atoms with E-state index >= 15 is 0 Å². The number of aromatic nitrogens is 2. The molecule has 1 saturated heterocycles. The maximum Gasteiger partial charge on any atom is 0.248 e. The van der Waals surface area contributed by atoms with Crippen LogP contribution >= 0.6 is 0 Å². The quantitative estimate of drug-likeness (QED) is 0.702. The fourth-order valence-electron chi connectivity index (χ4n) is 4.02. The van der Waals surface area contributed by atoms with E-state index in [2.05, 4.69) is 33.1 Å². The molecule has 0 bridgehead atoms. The Bertz CT molecular complexity index is 904. The van der Waals surface area contributed by atoms with Crippen molar-refractivity contribution in [3.05, 3.63) is 95.6 Å². The third kappa shape index (κ3) is 4.34. The molecule has 1 aliphatic rings. The molecule has 0 saturated carbocycles. The molecular formula is C23H24N4O2. The molecule has 1 amide bonds. The minimum Gasteiger partial charge on any atom is -0.379 e. The van der Waals surface area contributed by atoms with Crippen molar-refractivity contribution in [2.45, 2.75) is 12.0 Å². The second kappa shape index (κ2) is 8.94. The maximum atomic E-state index is 11.8. The molecule has 2 aromatic heterocycles. The Balaban J connectivity index is 1.87. The van der Waals surface area contributed by atoms with Crippen molar-refractivity contribution in [3.8, 4) is 0 Å². The van der Waals surface area contributed by atoms with Crippen LogP contribution in [0.2, 0.25) is 0 Å². The Morgan fingerprint density at radius 2 is 1.55 bits per heavy atom. The second-order valence-electron chi connectivity index (χ2n) is 7.13. The number of rotatable bonds is 6. The lowest BCUT2D eigenvalue weighted by atomic mass is 9.81. The molecule has 29 heavy (non-hydrogen) atoms. The van der Waals surface area contributed by atoms with Crippen LogP contribution in [0.5, 0.6) is 0 Å². The highest BCUT2D eigenvalue weighted by molar-refractivity contribution is 5.92. The normalized spacial score (nSPS) is 15.9. The predicted octanol–water partition coefficient (Wildman–Crippen LogP) is 2.78. The van der Waals surface area contributed by atoms with Gasteiger partial charge in [-0.05, 0) is 41.0 Å². The van der Waals surface area contributed by atoms with Gasteiger partial charge < -0.3 is 10.5 Å². The number of carbonyl (C=O) groups excluding carboxylic acids is 1. The van der Waals surface area contributed by atoms with Crippen LogP contribution in [0.3, 0.4) is 0 Å². The minimum absolute atomic E-state index is 0.00127. The number of pyridine rings is 2. The van der Waals surface area contributed by atoms with Gasteiger partial charge in [0.05, 0.1) is 13.2 Å². The molecule has 1 atom stereocenters. The summed E-state index contributed by atoms with van der Waals surface area (Å²) in [6, 6.07) is 15.7. The van der Waals surface area contributed by atoms with Crippen LogP contribution in [0.4, 0.5) is 0 Å². The summed E-state index contributed by atoms with van der Waals surface area (Å²) in [4.78, 5) is 23.0. The number of amides is 1. The summed E-state index contributed by atoms with van der Waals surface area (Å²) in [6.45, 7) is 2.97. The van der Waals surface area contributed by atoms with Crippen LogP contribution in [0.15, 0.2) is 73.3 Å². The van der Waals surface area contributed by atoms with Crippen LogP contribution in [0.25, 0.3) is 0 Å². The molecule has 4 rings (SSSR count). The highest BCUT2D eigenvalue weighted by Crippen LogP contribution is 2.40. The molecule has 0 spiro atoms. The van der Waals surface area contributed by atoms with Gasteiger partial charge in [0.25, 0.3) is 0 Å². The molecule has 1 aromatic carbocycles. The Hall–Kier alpha value is -3.09. The zero-order chi connectivity index (χ0) is 20.1. The van der Waals surface area contributed by atoms with Crippen molar-refractivity contribution >= 4 is 5.91 Å². The number of nitrogens with two attached hydrogens (primary N) is 1. The van der Waals surface area contributed by atoms with E-state index in [4.69, 9.17) is 10.5 Å². The van der Waals surface area contributed by atoms with E-state index in [0.29, 0.717) is 18.8 Å². The van der Waals surface area contributed by atoms with E-state index in [1.165, 1.54) is 0 Å². The fraction of sp³-hybridized carbons (Fsp3) is 0.261. The molecule has 6 heteroatoms. The van der Waals surface area contributed by atoms with E-state index in [-0.39, 0.29) is 12.0 Å². The largest absolute Gasteiger partial charge is 0.379 e. The van der Waals surface area contributed by atoms with Crippen molar-refractivity contribution in [2.24, 2.45) is 5.73 Å². The van der Waals surface area contributed by atoms with Gasteiger partial charge in [0.1, 0.15) is 0 Å². The van der Waals surface area contributed by atoms with Gasteiger partial charge in [-0.25, -0.2) is 0 Å². The van der Waals surface area contributed by atoms with E-state index in [9.17, 15) is 4.79 Å². The van der Waals surface area contributed by atoms with Crippen LogP contribution in [0, 0.1) is 0 Å². The zero-order valence-electron chi connectivity index (χ0n) is 16.1. The average Bonchev–Trinajstić information content (AvgIpc) is 2.79. The Morgan fingerprint density at radius 3 is 2.10 bits per heavy atom. The SMILES string of the molecule is NC(=O)c1cccc(C(C(c2cccnc2)c2cccnc2)N2CCOCC2)c1. The lowest BCUT2D eigenvalue weighted by molar-refractivity contribution is 0.0124. The van der Waals surface area contributed by atoms with Gasteiger partial charge in [-0.2, -0.15) is 0 Å². The zero-order valence-corrected chi connectivity index (χ0v) is 16.1. The van der Waals surface area contributed by atoms with Crippen LogP contribution in [0.1, 0.15) is 39.0 Å². The standard InChI is InChI=1S/C23H24N4O2/c24-23(28)18-5-1-4-17(14-18)22(27-10-12-29-13-11-27)21(19-6-2-8-25-15-19)20-7-3-9-26-16-20/h1-9,14-16,21-22H,10-13H2,(H2,24,28). The molecule has 1 aliphatic heterocycles. The monoisotopic (exact) mass is 388 g/mol. The van der Waals surface area contributed by atoms with Gasteiger partial charge >= 0.3 is 0 Å². The Kier molecular flexibility index (Phi) is 5.93. The first-order chi connectivity index (χ1) is 14.2. The number of morpholine rings is 1. The molecule has 0 aliphatic carbocycles. The molecule has 1 unspecified atom stereocenters. The van der Waals surface area contributed by atoms with Crippen LogP contribution < -0.4 is 5.73 Å². The van der Waals surface area contributed by atoms with Gasteiger partial charge in [0.2, 0.25) is 5.91 Å². The number of hydrogen-bond acceptors (Lipinski definition) is 5. The molecule has 6 nitrogen and oxygen atoms in total. The predicted molar refractivity (Wildman–Crippen MR) is 110 cm³/mol. The maximum absolute atomic E-state index is 11.8. The van der Waals surface area contributed by atoms with Crippen LogP contribution in [-0.4, -0.2) is 47.1 Å². The average molecular weight is 388 g/mol. The molecular weight excluding hydrogens is 364 g/mol. The second-order valence-corrected chi connectivity index (χ2v) is 7.13. The van der Waals surface area contributed by atoms with Crippen molar-refractivity contribution in [3.63, 3.8) is 0 Å². The summed E-state index contributed by atoms with van der Waals surface area (Å²) >= 11 is 0. The van der Waals surface area contributed by atoms with Gasteiger partial charge in [-0.1, -0.05) is 24.3 Å². The highest BCUT2D eigenvalue weighted by Gasteiger charge is 2.33. The Labute approximate surface area is 170 Å². The number of ether oxygens (including phenoxy) is 1. The topological polar surface area (TPSA) is 81.3 Å². The van der Waals surface area contributed by atoms with Gasteiger partial charge in [0, 0.05) is 55.4 Å². The van der Waals surface area contributed by atoms with Gasteiger partial charge in [-0.3, -0.25) is 19.7 Å². The molecule has 1 fully saturated rings. The number of hydrogen-bond donors (Lipinski definition) is 1. The summed E-state index contributed by atoms with van der Waals surface area (Å²) in [5.41, 5.74) is 9.32. The summed E-state index contributed by atoms with van der Waals surface area (Å²) < 4.78 is 5.60. The number of carbonyl (C=O) groups is 1. The van der Waals surface area contributed by atoms with E-state index < -0.39 is 5.91 Å². The number of benzene rings is 1. The molecule has 0 radical (unpaired) electrons. The number of primary amides is 1. The molecule has 2 N–H and O–H groups in total. The summed E-state index contributed by atoms with van der Waals surface area (Å²) in [5.74, 6) is -0.425. The smallest absolute Gasteiger partial charge is 0.248 e. The summed E-state index contributed by atoms with van der Waals surface area (Å²) in [6.07, 6.45) is 7.37. The number of nitrogens with zero attached hydrogens (tertiary/aromatic N) is 3. The minimum atomic E-state index is -0.424. The lowest BCUT2D eigenvalue weighted by Crippen LogP contribution is -2.41. The first kappa shape index (κ1) is 19.2. The Morgan fingerprint density at radius 1 is 0.931 bits per heavy atom. The van der Waals surface area contributed by atoms with Crippen molar-refractivity contribution in [1.82, 2.24) is 14.9 Å². The van der Waals surface area contributed by atoms with Crippen molar-refractivity contribution in [2.75, 3.05) is 26.3 Å². The van der Waals surface area contributed by atoms with Crippen LogP contribution in [-0.2, 0) is 4.74 Å². The van der Waals surface area contributed by atoms with Crippen molar-refractivity contribution in [1.29, 1.82) is 0 Å². The third-order valence-electron chi connectivity index (χ3n) is 5.35. The fourth-order valence-corrected chi connectivity index (χ4v) is 4.02. The van der Waals surface area contributed by atoms with E-state index in [1.54, 1.807) is 18.5 Å². The van der Waals surface area contributed by atoms with E-state index in [1.807, 2.05) is 36.7 Å². The summed E-state index contributed by atoms with van der Waals surface area (Å²) in [5, 5.41) is 0. The third-order valence-corrected chi connectivity index (χ3v) is 5.35. The van der Waals surface area contributed by atoms with Crippen molar-refractivity contribution < 1.29 is 9.53 Å².